The van der Waals surface area contributed by atoms with Gasteiger partial charge in [-0.3, -0.25) is 11.3 Å². The van der Waals surface area contributed by atoms with Gasteiger partial charge in [0.05, 0.1) is 13.6 Å². The molecule has 0 amide bonds. The molecule has 1 aromatic heterocycles. The van der Waals surface area contributed by atoms with Gasteiger partial charge in [0.2, 0.25) is 0 Å². The molecule has 3 N–H and O–H groups in total. The van der Waals surface area contributed by atoms with E-state index in [4.69, 9.17) is 5.84 Å². The van der Waals surface area contributed by atoms with Crippen molar-refractivity contribution in [1.82, 2.24) is 5.43 Å². The molecule has 1 rings (SSSR count). The van der Waals surface area contributed by atoms with Gasteiger partial charge in [0.15, 0.2) is 0 Å². The summed E-state index contributed by atoms with van der Waals surface area (Å²) in [4.78, 5) is 0. The van der Waals surface area contributed by atoms with E-state index in [0.29, 0.717) is 5.92 Å². The van der Waals surface area contributed by atoms with Crippen molar-refractivity contribution >= 4 is 43.2 Å². The van der Waals surface area contributed by atoms with E-state index in [2.05, 4.69) is 57.2 Å². The van der Waals surface area contributed by atoms with Crippen molar-refractivity contribution in [2.45, 2.75) is 19.9 Å². The van der Waals surface area contributed by atoms with E-state index in [1.165, 1.54) is 5.56 Å². The third kappa shape index (κ3) is 2.76. The van der Waals surface area contributed by atoms with E-state index in [9.17, 15) is 0 Å². The third-order valence-electron chi connectivity index (χ3n) is 1.86. The first-order valence-corrected chi connectivity index (χ1v) is 6.37. The average Bonchev–Trinajstić information content (AvgIpc) is 2.31. The summed E-state index contributed by atoms with van der Waals surface area (Å²) in [5.74, 6) is 5.98. The fourth-order valence-electron chi connectivity index (χ4n) is 1.21. The van der Waals surface area contributed by atoms with Gasteiger partial charge in [0, 0.05) is 0 Å². The smallest absolute Gasteiger partial charge is 0.0758 e. The third-order valence-corrected chi connectivity index (χ3v) is 4.25. The van der Waals surface area contributed by atoms with Gasteiger partial charge in [-0.05, 0) is 49.4 Å². The molecule has 1 unspecified atom stereocenters. The Morgan fingerprint density at radius 1 is 1.46 bits per heavy atom. The van der Waals surface area contributed by atoms with E-state index in [1.54, 1.807) is 11.3 Å². The lowest BCUT2D eigenvalue weighted by Crippen LogP contribution is -2.31. The van der Waals surface area contributed by atoms with Crippen LogP contribution >= 0.6 is 43.2 Å². The molecule has 1 atom stereocenters. The Labute approximate surface area is 99.1 Å². The minimum Gasteiger partial charge on any atom is -0.271 e. The number of thiophene rings is 1. The summed E-state index contributed by atoms with van der Waals surface area (Å²) in [5.41, 5.74) is 4.04. The zero-order valence-corrected chi connectivity index (χ0v) is 11.5. The Kier molecular flexibility index (Phi) is 4.38. The summed E-state index contributed by atoms with van der Waals surface area (Å²) in [6.07, 6.45) is 0. The van der Waals surface area contributed by atoms with Crippen LogP contribution in [0, 0.1) is 5.92 Å². The van der Waals surface area contributed by atoms with Crippen molar-refractivity contribution in [2.75, 3.05) is 0 Å². The number of rotatable bonds is 3. The molecule has 0 saturated heterocycles. The summed E-state index contributed by atoms with van der Waals surface area (Å²) in [5, 5.41) is 0. The fourth-order valence-corrected chi connectivity index (χ4v) is 4.14. The minimum atomic E-state index is 0.205. The Morgan fingerprint density at radius 2 is 2.08 bits per heavy atom. The van der Waals surface area contributed by atoms with Crippen LogP contribution in [0.3, 0.4) is 0 Å². The first-order valence-electron chi connectivity index (χ1n) is 3.97. The standard InChI is InChI=1S/C8H12Br2N2S/c1-4(2)7(12-11)5-3-6(9)13-8(5)10/h3-4,7,12H,11H2,1-2H3. The van der Waals surface area contributed by atoms with Gasteiger partial charge >= 0.3 is 0 Å². The lowest BCUT2D eigenvalue weighted by molar-refractivity contribution is 0.421. The molecular formula is C8H12Br2N2S. The van der Waals surface area contributed by atoms with Gasteiger partial charge in [-0.15, -0.1) is 11.3 Å². The lowest BCUT2D eigenvalue weighted by Gasteiger charge is -2.19. The number of hydrogen-bond donors (Lipinski definition) is 2. The van der Waals surface area contributed by atoms with Gasteiger partial charge in [-0.2, -0.15) is 0 Å². The summed E-state index contributed by atoms with van der Waals surface area (Å²) in [6, 6.07) is 2.30. The van der Waals surface area contributed by atoms with E-state index in [0.717, 1.165) is 7.57 Å². The quantitative estimate of drug-likeness (QED) is 0.659. The number of halogens is 2. The van der Waals surface area contributed by atoms with Gasteiger partial charge in [0.25, 0.3) is 0 Å². The second kappa shape index (κ2) is 4.89. The predicted octanol–water partition coefficient (Wildman–Crippen LogP) is 3.43. The summed E-state index contributed by atoms with van der Waals surface area (Å²) >= 11 is 8.64. The molecule has 1 heterocycles. The van der Waals surface area contributed by atoms with Crippen LogP contribution in [0.1, 0.15) is 25.5 Å². The van der Waals surface area contributed by atoms with E-state index < -0.39 is 0 Å². The second-order valence-electron chi connectivity index (χ2n) is 3.17. The Hall–Kier alpha value is 0.580. The molecule has 0 radical (unpaired) electrons. The second-order valence-corrected chi connectivity index (χ2v) is 6.92. The predicted molar refractivity (Wildman–Crippen MR) is 64.6 cm³/mol. The highest BCUT2D eigenvalue weighted by Crippen LogP contribution is 2.37. The molecular weight excluding hydrogens is 316 g/mol. The molecule has 13 heavy (non-hydrogen) atoms. The molecule has 0 saturated carbocycles. The van der Waals surface area contributed by atoms with Crippen molar-refractivity contribution in [3.05, 3.63) is 19.2 Å². The van der Waals surface area contributed by atoms with Gasteiger partial charge < -0.3 is 0 Å². The van der Waals surface area contributed by atoms with Crippen LogP contribution in [-0.2, 0) is 0 Å². The van der Waals surface area contributed by atoms with Gasteiger partial charge in [0.1, 0.15) is 0 Å². The van der Waals surface area contributed by atoms with E-state index in [1.807, 2.05) is 0 Å². The van der Waals surface area contributed by atoms with Gasteiger partial charge in [-0.1, -0.05) is 13.8 Å². The highest BCUT2D eigenvalue weighted by Gasteiger charge is 2.18. The van der Waals surface area contributed by atoms with Crippen molar-refractivity contribution < 1.29 is 0 Å². The van der Waals surface area contributed by atoms with Crippen LogP contribution in [0.2, 0.25) is 0 Å². The van der Waals surface area contributed by atoms with Crippen LogP contribution in [-0.4, -0.2) is 0 Å². The molecule has 0 aliphatic heterocycles. The van der Waals surface area contributed by atoms with Crippen LogP contribution < -0.4 is 11.3 Å². The molecule has 0 aromatic carbocycles. The Morgan fingerprint density at radius 3 is 2.38 bits per heavy atom. The van der Waals surface area contributed by atoms with E-state index >= 15 is 0 Å². The number of nitrogens with one attached hydrogen (secondary N) is 1. The normalized spacial score (nSPS) is 13.7. The topological polar surface area (TPSA) is 38.0 Å². The lowest BCUT2D eigenvalue weighted by atomic mass is 9.99. The summed E-state index contributed by atoms with van der Waals surface area (Å²) in [7, 11) is 0. The zero-order chi connectivity index (χ0) is 10.0. The maximum atomic E-state index is 5.50. The summed E-state index contributed by atoms with van der Waals surface area (Å²) in [6.45, 7) is 4.28. The SMILES string of the molecule is CC(C)C(NN)c1cc(Br)sc1Br. The molecule has 0 aliphatic carbocycles. The largest absolute Gasteiger partial charge is 0.271 e. The highest BCUT2D eigenvalue weighted by molar-refractivity contribution is 9.12. The van der Waals surface area contributed by atoms with Crippen molar-refractivity contribution in [3.8, 4) is 0 Å². The molecule has 0 aliphatic rings. The van der Waals surface area contributed by atoms with Crippen molar-refractivity contribution in [1.29, 1.82) is 0 Å². The van der Waals surface area contributed by atoms with E-state index in [-0.39, 0.29) is 6.04 Å². The number of hydrogen-bond acceptors (Lipinski definition) is 3. The first-order chi connectivity index (χ1) is 6.06. The molecule has 2 nitrogen and oxygen atoms in total. The Bertz CT molecular complexity index is 286. The summed E-state index contributed by atoms with van der Waals surface area (Å²) < 4.78 is 2.26. The van der Waals surface area contributed by atoms with Crippen LogP contribution in [0.25, 0.3) is 0 Å². The maximum Gasteiger partial charge on any atom is 0.0758 e. The molecule has 1 aromatic rings. The molecule has 5 heteroatoms. The average molecular weight is 328 g/mol. The zero-order valence-electron chi connectivity index (χ0n) is 7.47. The Balaban J connectivity index is 2.97. The fraction of sp³-hybridized carbons (Fsp3) is 0.500. The van der Waals surface area contributed by atoms with Crippen molar-refractivity contribution in [2.24, 2.45) is 11.8 Å². The maximum absolute atomic E-state index is 5.50. The minimum absolute atomic E-state index is 0.205. The van der Waals surface area contributed by atoms with Gasteiger partial charge in [-0.25, -0.2) is 0 Å². The van der Waals surface area contributed by atoms with Crippen LogP contribution in [0.5, 0.6) is 0 Å². The van der Waals surface area contributed by atoms with Crippen molar-refractivity contribution in [3.63, 3.8) is 0 Å². The molecule has 0 fully saturated rings. The highest BCUT2D eigenvalue weighted by atomic mass is 79.9. The number of nitrogens with two attached hydrogens (primary N) is 1. The van der Waals surface area contributed by atoms with Crippen LogP contribution in [0.15, 0.2) is 13.6 Å². The molecule has 74 valence electrons. The molecule has 0 spiro atoms. The first kappa shape index (κ1) is 11.7. The number of hydrazine groups is 1. The monoisotopic (exact) mass is 326 g/mol. The van der Waals surface area contributed by atoms with Crippen LogP contribution in [0.4, 0.5) is 0 Å². The molecule has 0 bridgehead atoms.